The van der Waals surface area contributed by atoms with Crippen molar-refractivity contribution in [2.24, 2.45) is 41.4 Å². The van der Waals surface area contributed by atoms with Crippen LogP contribution in [-0.4, -0.2) is 70.6 Å². The lowest BCUT2D eigenvalue weighted by Gasteiger charge is -2.51. The van der Waals surface area contributed by atoms with Gasteiger partial charge in [-0.05, 0) is 154 Å². The molecule has 0 N–H and O–H groups in total. The van der Waals surface area contributed by atoms with E-state index in [1.165, 1.54) is 64.6 Å². The maximum atomic E-state index is 3.13. The molecule has 200 valence electrons. The minimum Gasteiger partial charge on any atom is -0.300 e. The van der Waals surface area contributed by atoms with Crippen LogP contribution in [0.2, 0.25) is 0 Å². The molecule has 35 heavy (non-hydrogen) atoms. The summed E-state index contributed by atoms with van der Waals surface area (Å²) in [6.45, 7) is 18.9. The number of piperidine rings is 2. The molecule has 0 aromatic heterocycles. The lowest BCUT2D eigenvalue weighted by molar-refractivity contribution is -0.0233. The molecule has 3 aliphatic carbocycles. The molecule has 0 radical (unpaired) electrons. The highest BCUT2D eigenvalue weighted by atomic mass is 15.2. The zero-order chi connectivity index (χ0) is 24.4. The summed E-state index contributed by atoms with van der Waals surface area (Å²) in [5, 5.41) is 0. The van der Waals surface area contributed by atoms with Gasteiger partial charge in [-0.25, -0.2) is 0 Å². The molecular formula is C32H57N3. The van der Waals surface area contributed by atoms with Crippen molar-refractivity contribution < 1.29 is 0 Å². The van der Waals surface area contributed by atoms with Crippen LogP contribution in [0.1, 0.15) is 106 Å². The largest absolute Gasteiger partial charge is 0.300 e. The fourth-order valence-electron chi connectivity index (χ4n) is 11.0. The Bertz CT molecular complexity index is 732. The van der Waals surface area contributed by atoms with Gasteiger partial charge in [-0.1, -0.05) is 0 Å². The molecular weight excluding hydrogens is 426 g/mol. The Kier molecular flexibility index (Phi) is 7.11. The van der Waals surface area contributed by atoms with Gasteiger partial charge in [0.15, 0.2) is 0 Å². The minimum absolute atomic E-state index is 0.716. The SMILES string of the molecule is CC(C)N1CC2CC(C1)C(C1CC3CCC(C4CCC5CCN(C(C)C)C5C4)N(C(C)C)C3C1)C2. The average Bonchev–Trinajstić information content (AvgIpc) is 3.51. The van der Waals surface area contributed by atoms with Gasteiger partial charge in [0.05, 0.1) is 0 Å². The topological polar surface area (TPSA) is 9.72 Å². The van der Waals surface area contributed by atoms with Gasteiger partial charge < -0.3 is 4.90 Å². The van der Waals surface area contributed by atoms with Gasteiger partial charge in [-0.3, -0.25) is 9.80 Å². The molecule has 3 saturated carbocycles. The van der Waals surface area contributed by atoms with E-state index in [0.717, 1.165) is 71.6 Å². The maximum Gasteiger partial charge on any atom is 0.0132 e. The van der Waals surface area contributed by atoms with Crippen molar-refractivity contribution in [3.8, 4) is 0 Å². The highest BCUT2D eigenvalue weighted by Gasteiger charge is 2.52. The highest BCUT2D eigenvalue weighted by Crippen LogP contribution is 2.54. The molecule has 2 bridgehead atoms. The van der Waals surface area contributed by atoms with E-state index in [0.29, 0.717) is 6.04 Å². The summed E-state index contributed by atoms with van der Waals surface area (Å²) >= 11 is 0. The Hall–Kier alpha value is -0.120. The second-order valence-corrected chi connectivity index (χ2v) is 15.1. The van der Waals surface area contributed by atoms with Crippen LogP contribution in [0.15, 0.2) is 0 Å². The molecule has 6 fully saturated rings. The first-order valence-electron chi connectivity index (χ1n) is 16.1. The van der Waals surface area contributed by atoms with Gasteiger partial charge in [0.1, 0.15) is 0 Å². The van der Waals surface area contributed by atoms with Crippen LogP contribution in [0.3, 0.4) is 0 Å². The zero-order valence-corrected chi connectivity index (χ0v) is 24.0. The van der Waals surface area contributed by atoms with E-state index in [4.69, 9.17) is 0 Å². The lowest BCUT2D eigenvalue weighted by Crippen LogP contribution is -2.56. The number of hydrogen-bond acceptors (Lipinski definition) is 3. The second kappa shape index (κ2) is 9.88. The smallest absolute Gasteiger partial charge is 0.0132 e. The molecule has 0 aromatic rings. The average molecular weight is 484 g/mol. The van der Waals surface area contributed by atoms with Crippen LogP contribution in [-0.2, 0) is 0 Å². The number of nitrogens with zero attached hydrogens (tertiary/aromatic N) is 3. The van der Waals surface area contributed by atoms with E-state index in [1.807, 2.05) is 0 Å². The third-order valence-electron chi connectivity index (χ3n) is 12.4. The third-order valence-corrected chi connectivity index (χ3v) is 12.4. The van der Waals surface area contributed by atoms with Crippen molar-refractivity contribution >= 4 is 0 Å². The molecule has 3 saturated heterocycles. The summed E-state index contributed by atoms with van der Waals surface area (Å²) in [7, 11) is 0. The number of likely N-dealkylation sites (tertiary alicyclic amines) is 3. The Labute approximate surface area is 217 Å². The summed E-state index contributed by atoms with van der Waals surface area (Å²) in [5.41, 5.74) is 0. The van der Waals surface area contributed by atoms with E-state index in [1.54, 1.807) is 19.3 Å². The van der Waals surface area contributed by atoms with Crippen LogP contribution in [0.5, 0.6) is 0 Å². The van der Waals surface area contributed by atoms with Crippen molar-refractivity contribution in [1.82, 2.24) is 14.7 Å². The fraction of sp³-hybridized carbons (Fsp3) is 1.00. The van der Waals surface area contributed by atoms with Gasteiger partial charge in [0, 0.05) is 49.3 Å². The molecule has 0 amide bonds. The van der Waals surface area contributed by atoms with E-state index < -0.39 is 0 Å². The van der Waals surface area contributed by atoms with Crippen molar-refractivity contribution in [3.63, 3.8) is 0 Å². The van der Waals surface area contributed by atoms with Crippen molar-refractivity contribution in [3.05, 3.63) is 0 Å². The molecule has 3 heteroatoms. The summed E-state index contributed by atoms with van der Waals surface area (Å²) in [6, 6.07) is 4.83. The summed E-state index contributed by atoms with van der Waals surface area (Å²) in [6.07, 6.45) is 15.2. The van der Waals surface area contributed by atoms with Gasteiger partial charge in [0.2, 0.25) is 0 Å². The van der Waals surface area contributed by atoms with Gasteiger partial charge in [0.25, 0.3) is 0 Å². The second-order valence-electron chi connectivity index (χ2n) is 15.1. The molecule has 0 spiro atoms. The quantitative estimate of drug-likeness (QED) is 0.441. The first kappa shape index (κ1) is 25.2. The van der Waals surface area contributed by atoms with E-state index in [9.17, 15) is 0 Å². The van der Waals surface area contributed by atoms with Crippen LogP contribution < -0.4 is 0 Å². The van der Waals surface area contributed by atoms with Crippen LogP contribution in [0.4, 0.5) is 0 Å². The van der Waals surface area contributed by atoms with Crippen molar-refractivity contribution in [1.29, 1.82) is 0 Å². The molecule has 6 aliphatic rings. The molecule has 3 nitrogen and oxygen atoms in total. The third kappa shape index (κ3) is 4.56. The van der Waals surface area contributed by atoms with Crippen molar-refractivity contribution in [2.75, 3.05) is 19.6 Å². The van der Waals surface area contributed by atoms with E-state index >= 15 is 0 Å². The molecule has 10 atom stereocenters. The Morgan fingerprint density at radius 1 is 0.514 bits per heavy atom. The minimum atomic E-state index is 0.716. The summed E-state index contributed by atoms with van der Waals surface area (Å²) in [4.78, 5) is 8.83. The Morgan fingerprint density at radius 2 is 1.23 bits per heavy atom. The normalized spacial score (nSPS) is 47.2. The van der Waals surface area contributed by atoms with Crippen LogP contribution >= 0.6 is 0 Å². The van der Waals surface area contributed by atoms with Gasteiger partial charge >= 0.3 is 0 Å². The predicted octanol–water partition coefficient (Wildman–Crippen LogP) is 6.52. The lowest BCUT2D eigenvalue weighted by atomic mass is 9.71. The maximum absolute atomic E-state index is 3.13. The number of rotatable bonds is 5. The predicted molar refractivity (Wildman–Crippen MR) is 147 cm³/mol. The van der Waals surface area contributed by atoms with Gasteiger partial charge in [-0.2, -0.15) is 0 Å². The number of fused-ring (bicyclic) bond motifs is 4. The van der Waals surface area contributed by atoms with Crippen LogP contribution in [0.25, 0.3) is 0 Å². The van der Waals surface area contributed by atoms with Gasteiger partial charge in [-0.15, -0.1) is 0 Å². The standard InChI is InChI=1S/C32H57N3/c1-20(2)33-18-23-13-28(19-33)29(14-23)27-15-25-9-10-30(35(22(5)6)32(25)17-27)26-8-7-24-11-12-34(21(3)4)31(24)16-26/h20-32H,7-19H2,1-6H3. The monoisotopic (exact) mass is 483 g/mol. The Morgan fingerprint density at radius 3 is 1.97 bits per heavy atom. The zero-order valence-electron chi connectivity index (χ0n) is 24.0. The first-order chi connectivity index (χ1) is 16.8. The summed E-state index contributed by atoms with van der Waals surface area (Å²) < 4.78 is 0. The molecule has 0 aromatic carbocycles. The fourth-order valence-corrected chi connectivity index (χ4v) is 11.0. The van der Waals surface area contributed by atoms with E-state index in [2.05, 4.69) is 56.2 Å². The summed E-state index contributed by atoms with van der Waals surface area (Å²) in [5.74, 6) is 7.01. The molecule has 3 heterocycles. The number of hydrogen-bond donors (Lipinski definition) is 0. The Balaban J connectivity index is 1.15. The van der Waals surface area contributed by atoms with Crippen LogP contribution in [0, 0.1) is 41.4 Å². The van der Waals surface area contributed by atoms with Crippen molar-refractivity contribution in [2.45, 2.75) is 142 Å². The molecule has 3 aliphatic heterocycles. The first-order valence-corrected chi connectivity index (χ1v) is 16.1. The molecule has 6 rings (SSSR count). The van der Waals surface area contributed by atoms with E-state index in [-0.39, 0.29) is 0 Å². The molecule has 10 unspecified atom stereocenters. The highest BCUT2D eigenvalue weighted by molar-refractivity contribution is 5.05.